The number of sulfone groups is 1. The van der Waals surface area contributed by atoms with E-state index in [-0.39, 0.29) is 32.8 Å². The van der Waals surface area contributed by atoms with Crippen molar-refractivity contribution in [3.63, 3.8) is 0 Å². The van der Waals surface area contributed by atoms with Gasteiger partial charge in [-0.05, 0) is 72.8 Å². The fraction of sp³-hybridized carbons (Fsp3) is 0.143. The van der Waals surface area contributed by atoms with E-state index in [0.717, 1.165) is 60.7 Å². The molecule has 4 rings (SSSR count). The topological polar surface area (TPSA) is 71.1 Å². The minimum atomic E-state index is -5.95. The smallest absolute Gasteiger partial charge is 0.457 e. The van der Waals surface area contributed by atoms with Gasteiger partial charge in [0.25, 0.3) is 0 Å². The third-order valence-electron chi connectivity index (χ3n) is 5.50. The largest absolute Gasteiger partial charge is 0.499 e. The first-order chi connectivity index (χ1) is 20.8. The zero-order valence-corrected chi connectivity index (χ0v) is 22.7. The summed E-state index contributed by atoms with van der Waals surface area (Å²) in [6.45, 7) is 0. The fourth-order valence-electron chi connectivity index (χ4n) is 3.40. The van der Waals surface area contributed by atoms with E-state index in [1.54, 1.807) is 0 Å². The maximum absolute atomic E-state index is 13.2. The molecule has 0 atom stereocenters. The van der Waals surface area contributed by atoms with Crippen molar-refractivity contribution in [3.05, 3.63) is 97.1 Å². The highest BCUT2D eigenvalue weighted by molar-refractivity contribution is 7.91. The lowest BCUT2D eigenvalue weighted by Gasteiger charge is -2.20. The zero-order valence-electron chi connectivity index (χ0n) is 21.9. The summed E-state index contributed by atoms with van der Waals surface area (Å²) in [5, 5.41) is 0. The Labute approximate surface area is 247 Å². The first kappa shape index (κ1) is 33.2. The molecule has 0 amide bonds. The maximum atomic E-state index is 13.2. The summed E-state index contributed by atoms with van der Waals surface area (Å²) < 4.78 is 171. The Kier molecular flexibility index (Phi) is 8.88. The molecule has 0 saturated carbocycles. The lowest BCUT2D eigenvalue weighted by Crippen LogP contribution is -2.41. The number of hydrogen-bond donors (Lipinski definition) is 0. The van der Waals surface area contributed by atoms with E-state index in [2.05, 4.69) is 9.47 Å². The molecule has 0 saturated heterocycles. The van der Waals surface area contributed by atoms with Crippen molar-refractivity contribution < 1.29 is 71.3 Å². The summed E-state index contributed by atoms with van der Waals surface area (Å²) in [6, 6.07) is 17.2. The van der Waals surface area contributed by atoms with Crippen molar-refractivity contribution in [1.29, 1.82) is 0 Å². The van der Waals surface area contributed by atoms with Gasteiger partial charge in [-0.15, -0.1) is 0 Å². The molecule has 0 spiro atoms. The molecule has 0 fully saturated rings. The van der Waals surface area contributed by atoms with Crippen LogP contribution in [0.15, 0.2) is 107 Å². The summed E-state index contributed by atoms with van der Waals surface area (Å²) >= 11 is 0. The van der Waals surface area contributed by atoms with E-state index >= 15 is 0 Å². The molecule has 45 heavy (non-hydrogen) atoms. The molecule has 0 unspecified atom stereocenters. The Bertz CT molecular complexity index is 1610. The third kappa shape index (κ3) is 7.89. The van der Waals surface area contributed by atoms with Gasteiger partial charge < -0.3 is 18.9 Å². The van der Waals surface area contributed by atoms with Crippen LogP contribution in [0.5, 0.6) is 34.5 Å². The second-order valence-electron chi connectivity index (χ2n) is 8.83. The van der Waals surface area contributed by atoms with Gasteiger partial charge in [0.05, 0.1) is 9.79 Å². The summed E-state index contributed by atoms with van der Waals surface area (Å²) in [4.78, 5) is -0.443. The zero-order chi connectivity index (χ0) is 33.3. The lowest BCUT2D eigenvalue weighted by molar-refractivity contribution is -0.360. The molecular weight excluding hydrogens is 654 g/mol. The first-order valence-electron chi connectivity index (χ1n) is 12.0. The average Bonchev–Trinajstić information content (AvgIpc) is 2.92. The molecule has 0 aliphatic rings. The van der Waals surface area contributed by atoms with Crippen LogP contribution in [0.1, 0.15) is 0 Å². The number of alkyl halides is 10. The molecule has 0 aliphatic carbocycles. The van der Waals surface area contributed by atoms with Crippen molar-refractivity contribution >= 4 is 9.84 Å². The molecule has 240 valence electrons. The molecule has 4 aromatic carbocycles. The standard InChI is InChI=1S/C28H16F10O6S/c29-25(30,31)27(35,36)43-21-5-1-3-19(15-21)41-17-7-11-23(12-8-17)45(39,40)24-13-9-18(10-14-24)42-20-4-2-6-22(16-20)44-28(37,38)26(32,33)34/h1-16H. The van der Waals surface area contributed by atoms with E-state index in [1.165, 1.54) is 36.4 Å². The summed E-state index contributed by atoms with van der Waals surface area (Å²) in [7, 11) is -4.13. The van der Waals surface area contributed by atoms with Gasteiger partial charge in [0.15, 0.2) is 0 Å². The maximum Gasteiger partial charge on any atom is 0.499 e. The van der Waals surface area contributed by atoms with E-state index in [0.29, 0.717) is 0 Å². The van der Waals surface area contributed by atoms with Crippen LogP contribution in [0, 0.1) is 0 Å². The normalized spacial score (nSPS) is 12.8. The number of halogens is 10. The highest BCUT2D eigenvalue weighted by Crippen LogP contribution is 2.40. The van der Waals surface area contributed by atoms with Gasteiger partial charge in [-0.3, -0.25) is 0 Å². The van der Waals surface area contributed by atoms with Crippen LogP contribution in [0.25, 0.3) is 0 Å². The van der Waals surface area contributed by atoms with Gasteiger partial charge in [-0.1, -0.05) is 12.1 Å². The Hall–Kier alpha value is -4.67. The minimum Gasteiger partial charge on any atom is -0.457 e. The van der Waals surface area contributed by atoms with Gasteiger partial charge in [0.1, 0.15) is 34.5 Å². The van der Waals surface area contributed by atoms with Gasteiger partial charge in [-0.25, -0.2) is 8.42 Å². The van der Waals surface area contributed by atoms with Crippen LogP contribution in [-0.4, -0.2) is 33.0 Å². The fourth-order valence-corrected chi connectivity index (χ4v) is 4.66. The molecular formula is C28H16F10O6S. The molecule has 0 aromatic heterocycles. The highest BCUT2D eigenvalue weighted by Gasteiger charge is 2.62. The van der Waals surface area contributed by atoms with Crippen LogP contribution in [0.2, 0.25) is 0 Å². The van der Waals surface area contributed by atoms with Crippen molar-refractivity contribution in [3.8, 4) is 34.5 Å². The van der Waals surface area contributed by atoms with Crippen molar-refractivity contribution in [2.45, 2.75) is 34.4 Å². The second kappa shape index (κ2) is 12.0. The van der Waals surface area contributed by atoms with Crippen LogP contribution in [-0.2, 0) is 9.84 Å². The number of benzene rings is 4. The molecule has 17 heteroatoms. The van der Waals surface area contributed by atoms with Gasteiger partial charge >= 0.3 is 24.6 Å². The number of ether oxygens (including phenoxy) is 4. The minimum absolute atomic E-state index is 0.00312. The van der Waals surface area contributed by atoms with Gasteiger partial charge in [-0.2, -0.15) is 43.9 Å². The van der Waals surface area contributed by atoms with Gasteiger partial charge in [0.2, 0.25) is 9.84 Å². The van der Waals surface area contributed by atoms with Crippen LogP contribution >= 0.6 is 0 Å². The predicted octanol–water partition coefficient (Wildman–Crippen LogP) is 9.17. The summed E-state index contributed by atoms with van der Waals surface area (Å²) in [6.07, 6.45) is -22.8. The molecule has 0 bridgehead atoms. The Morgan fingerprint density at radius 2 is 0.733 bits per heavy atom. The second-order valence-corrected chi connectivity index (χ2v) is 10.8. The molecule has 6 nitrogen and oxygen atoms in total. The lowest BCUT2D eigenvalue weighted by atomic mass is 10.3. The first-order valence-corrected chi connectivity index (χ1v) is 13.5. The summed E-state index contributed by atoms with van der Waals surface area (Å²) in [5.74, 6) is -2.07. The molecule has 0 aliphatic heterocycles. The SMILES string of the molecule is O=S(=O)(c1ccc(Oc2cccc(OC(F)(F)C(F)(F)F)c2)cc1)c1ccc(Oc2cccc(OC(F)(F)C(F)(F)F)c2)cc1. The van der Waals surface area contributed by atoms with Crippen LogP contribution in [0.3, 0.4) is 0 Å². The monoisotopic (exact) mass is 670 g/mol. The summed E-state index contributed by atoms with van der Waals surface area (Å²) in [5.41, 5.74) is 0. The highest BCUT2D eigenvalue weighted by atomic mass is 32.2. The Balaban J connectivity index is 1.43. The molecule has 0 heterocycles. The van der Waals surface area contributed by atoms with Crippen LogP contribution < -0.4 is 18.9 Å². The quantitative estimate of drug-likeness (QED) is 0.157. The van der Waals surface area contributed by atoms with Crippen molar-refractivity contribution in [2.24, 2.45) is 0 Å². The predicted molar refractivity (Wildman–Crippen MR) is 135 cm³/mol. The number of hydrogen-bond acceptors (Lipinski definition) is 6. The Morgan fingerprint density at radius 1 is 0.422 bits per heavy atom. The van der Waals surface area contributed by atoms with Crippen LogP contribution in [0.4, 0.5) is 43.9 Å². The van der Waals surface area contributed by atoms with Crippen molar-refractivity contribution in [2.75, 3.05) is 0 Å². The molecule has 4 aromatic rings. The van der Waals surface area contributed by atoms with E-state index in [9.17, 15) is 52.3 Å². The third-order valence-corrected chi connectivity index (χ3v) is 7.29. The van der Waals surface area contributed by atoms with E-state index < -0.39 is 45.9 Å². The van der Waals surface area contributed by atoms with E-state index in [4.69, 9.17) is 9.47 Å². The molecule has 0 radical (unpaired) electrons. The van der Waals surface area contributed by atoms with Gasteiger partial charge in [0, 0.05) is 12.1 Å². The Morgan fingerprint density at radius 3 is 1.04 bits per heavy atom. The van der Waals surface area contributed by atoms with E-state index in [1.807, 2.05) is 0 Å². The van der Waals surface area contributed by atoms with Crippen molar-refractivity contribution in [1.82, 2.24) is 0 Å². The number of rotatable bonds is 10. The molecule has 0 N–H and O–H groups in total. The average molecular weight is 670 g/mol.